The van der Waals surface area contributed by atoms with Crippen molar-refractivity contribution in [1.29, 1.82) is 0 Å². The van der Waals surface area contributed by atoms with E-state index in [1.807, 2.05) is 0 Å². The number of carbonyl (C=O) groups excluding carboxylic acids is 2. The van der Waals surface area contributed by atoms with Crippen LogP contribution in [0.15, 0.2) is 0 Å². The van der Waals surface area contributed by atoms with Crippen LogP contribution in [-0.2, 0) is 19.1 Å². The third-order valence-corrected chi connectivity index (χ3v) is 12.5. The summed E-state index contributed by atoms with van der Waals surface area (Å²) in [5, 5.41) is 0. The van der Waals surface area contributed by atoms with Crippen molar-refractivity contribution >= 4 is 11.9 Å². The molecule has 0 aromatic carbocycles. The number of carbonyl (C=O) groups is 2. The minimum absolute atomic E-state index is 0.0133. The lowest BCUT2D eigenvalue weighted by Gasteiger charge is -2.06. The summed E-state index contributed by atoms with van der Waals surface area (Å²) in [5.74, 6) is 0.0266. The van der Waals surface area contributed by atoms with Gasteiger partial charge in [0.2, 0.25) is 0 Å². The lowest BCUT2D eigenvalue weighted by molar-refractivity contribution is -0.144. The second-order valence-corrected chi connectivity index (χ2v) is 18.5. The summed E-state index contributed by atoms with van der Waals surface area (Å²) < 4.78 is 11.0. The maximum Gasteiger partial charge on any atom is 0.305 e. The number of hydrogen-bond donors (Lipinski definition) is 0. The first-order chi connectivity index (χ1) is 28.7. The molecule has 0 aromatic heterocycles. The van der Waals surface area contributed by atoms with E-state index in [0.29, 0.717) is 26.1 Å². The van der Waals surface area contributed by atoms with Gasteiger partial charge < -0.3 is 9.47 Å². The Labute approximate surface area is 365 Å². The SMILES string of the molecule is CCCCCCCCCCCCCCCCCCOC(=O)CCCCCCCCCCCCCCCCC(=O)OCCCCCCCCCCCCCCCCCC. The van der Waals surface area contributed by atoms with Gasteiger partial charge in [0, 0.05) is 12.8 Å². The van der Waals surface area contributed by atoms with Gasteiger partial charge in [-0.3, -0.25) is 9.59 Å². The molecule has 0 aliphatic carbocycles. The Bertz CT molecular complexity index is 717. The highest BCUT2D eigenvalue weighted by molar-refractivity contribution is 5.69. The van der Waals surface area contributed by atoms with Crippen molar-refractivity contribution in [2.75, 3.05) is 13.2 Å². The molecule has 0 bridgehead atoms. The maximum atomic E-state index is 12.0. The van der Waals surface area contributed by atoms with E-state index >= 15 is 0 Å². The molecular weight excluding hydrogens is 713 g/mol. The van der Waals surface area contributed by atoms with Gasteiger partial charge in [-0.1, -0.05) is 284 Å². The van der Waals surface area contributed by atoms with Crippen LogP contribution in [0.1, 0.15) is 322 Å². The zero-order valence-corrected chi connectivity index (χ0v) is 40.0. The molecule has 0 rings (SSSR count). The quantitative estimate of drug-likeness (QED) is 0.0453. The van der Waals surface area contributed by atoms with Gasteiger partial charge in [-0.2, -0.15) is 0 Å². The van der Waals surface area contributed by atoms with E-state index in [2.05, 4.69) is 13.8 Å². The van der Waals surface area contributed by atoms with Crippen molar-refractivity contribution in [1.82, 2.24) is 0 Å². The molecular formula is C54H106O4. The summed E-state index contributed by atoms with van der Waals surface area (Å²) in [5.41, 5.74) is 0. The second kappa shape index (κ2) is 52.1. The van der Waals surface area contributed by atoms with Crippen molar-refractivity contribution in [3.63, 3.8) is 0 Å². The lowest BCUT2D eigenvalue weighted by atomic mass is 10.0. The van der Waals surface area contributed by atoms with Crippen LogP contribution in [0.4, 0.5) is 0 Å². The average molecular weight is 819 g/mol. The monoisotopic (exact) mass is 819 g/mol. The molecule has 0 fully saturated rings. The minimum atomic E-state index is 0.0133. The summed E-state index contributed by atoms with van der Waals surface area (Å²) in [6.07, 6.45) is 62.4. The molecule has 0 saturated heterocycles. The molecule has 346 valence electrons. The predicted molar refractivity (Wildman–Crippen MR) is 255 cm³/mol. The molecule has 58 heavy (non-hydrogen) atoms. The fraction of sp³-hybridized carbons (Fsp3) is 0.963. The third kappa shape index (κ3) is 51.1. The maximum absolute atomic E-state index is 12.0. The van der Waals surface area contributed by atoms with E-state index in [1.165, 1.54) is 257 Å². The summed E-state index contributed by atoms with van der Waals surface area (Å²) in [6, 6.07) is 0. The molecule has 0 unspecified atom stereocenters. The Morgan fingerprint density at radius 3 is 0.569 bits per heavy atom. The number of hydrogen-bond acceptors (Lipinski definition) is 4. The fourth-order valence-corrected chi connectivity index (χ4v) is 8.48. The molecule has 0 heterocycles. The molecule has 0 aliphatic rings. The van der Waals surface area contributed by atoms with E-state index in [4.69, 9.17) is 9.47 Å². The minimum Gasteiger partial charge on any atom is -0.466 e. The number of ether oxygens (including phenoxy) is 2. The zero-order valence-electron chi connectivity index (χ0n) is 40.0. The normalized spacial score (nSPS) is 11.4. The van der Waals surface area contributed by atoms with Gasteiger partial charge in [0.05, 0.1) is 13.2 Å². The van der Waals surface area contributed by atoms with Crippen molar-refractivity contribution in [2.45, 2.75) is 322 Å². The van der Waals surface area contributed by atoms with Crippen molar-refractivity contribution in [3.05, 3.63) is 0 Å². The van der Waals surface area contributed by atoms with Crippen LogP contribution in [-0.4, -0.2) is 25.2 Å². The predicted octanol–water partition coefficient (Wildman–Crippen LogP) is 18.8. The van der Waals surface area contributed by atoms with Crippen molar-refractivity contribution < 1.29 is 19.1 Å². The van der Waals surface area contributed by atoms with E-state index in [0.717, 1.165) is 38.5 Å². The van der Waals surface area contributed by atoms with E-state index in [1.54, 1.807) is 0 Å². The first kappa shape index (κ1) is 56.9. The zero-order chi connectivity index (χ0) is 41.9. The van der Waals surface area contributed by atoms with Crippen LogP contribution in [0, 0.1) is 0 Å². The Hall–Kier alpha value is -1.06. The van der Waals surface area contributed by atoms with E-state index < -0.39 is 0 Å². The number of esters is 2. The van der Waals surface area contributed by atoms with Gasteiger partial charge >= 0.3 is 11.9 Å². The van der Waals surface area contributed by atoms with Crippen molar-refractivity contribution in [2.24, 2.45) is 0 Å². The summed E-state index contributed by atoms with van der Waals surface area (Å²) in [6.45, 7) is 5.82. The van der Waals surface area contributed by atoms with Crippen LogP contribution < -0.4 is 0 Å². The molecule has 4 nitrogen and oxygen atoms in total. The number of unbranched alkanes of at least 4 members (excludes halogenated alkanes) is 43. The Kier molecular flexibility index (Phi) is 51.1. The van der Waals surface area contributed by atoms with Crippen LogP contribution >= 0.6 is 0 Å². The van der Waals surface area contributed by atoms with Gasteiger partial charge in [0.1, 0.15) is 0 Å². The van der Waals surface area contributed by atoms with Crippen LogP contribution in [0.5, 0.6) is 0 Å². The average Bonchev–Trinajstić information content (AvgIpc) is 3.22. The van der Waals surface area contributed by atoms with E-state index in [9.17, 15) is 9.59 Å². The highest BCUT2D eigenvalue weighted by Gasteiger charge is 2.05. The van der Waals surface area contributed by atoms with E-state index in [-0.39, 0.29) is 11.9 Å². The molecule has 0 amide bonds. The smallest absolute Gasteiger partial charge is 0.305 e. The van der Waals surface area contributed by atoms with Gasteiger partial charge in [-0.25, -0.2) is 0 Å². The van der Waals surface area contributed by atoms with Crippen LogP contribution in [0.25, 0.3) is 0 Å². The molecule has 0 spiro atoms. The standard InChI is InChI=1S/C54H106O4/c1-3-5-7-9-11-13-15-17-19-23-27-31-35-39-43-47-51-57-53(55)49-45-41-37-33-29-25-21-22-26-30-34-38-42-46-50-54(56)58-52-48-44-40-36-32-28-24-20-18-16-14-12-10-8-6-4-2/h3-52H2,1-2H3. The first-order valence-electron chi connectivity index (χ1n) is 27.0. The molecule has 0 saturated carbocycles. The second-order valence-electron chi connectivity index (χ2n) is 18.5. The van der Waals surface area contributed by atoms with Gasteiger partial charge in [-0.15, -0.1) is 0 Å². The Balaban J connectivity index is 3.20. The van der Waals surface area contributed by atoms with Crippen LogP contribution in [0.3, 0.4) is 0 Å². The highest BCUT2D eigenvalue weighted by Crippen LogP contribution is 2.17. The topological polar surface area (TPSA) is 52.6 Å². The molecule has 0 radical (unpaired) electrons. The van der Waals surface area contributed by atoms with Gasteiger partial charge in [-0.05, 0) is 25.7 Å². The largest absolute Gasteiger partial charge is 0.466 e. The molecule has 0 atom stereocenters. The molecule has 0 N–H and O–H groups in total. The summed E-state index contributed by atoms with van der Waals surface area (Å²) >= 11 is 0. The molecule has 0 aliphatic heterocycles. The molecule has 0 aromatic rings. The summed E-state index contributed by atoms with van der Waals surface area (Å²) in [7, 11) is 0. The van der Waals surface area contributed by atoms with Crippen LogP contribution in [0.2, 0.25) is 0 Å². The summed E-state index contributed by atoms with van der Waals surface area (Å²) in [4.78, 5) is 24.1. The highest BCUT2D eigenvalue weighted by atomic mass is 16.5. The van der Waals surface area contributed by atoms with Gasteiger partial charge in [0.25, 0.3) is 0 Å². The Morgan fingerprint density at radius 1 is 0.224 bits per heavy atom. The van der Waals surface area contributed by atoms with Crippen molar-refractivity contribution in [3.8, 4) is 0 Å². The fourth-order valence-electron chi connectivity index (χ4n) is 8.48. The molecule has 4 heteroatoms. The Morgan fingerprint density at radius 2 is 0.379 bits per heavy atom. The van der Waals surface area contributed by atoms with Gasteiger partial charge in [0.15, 0.2) is 0 Å². The first-order valence-corrected chi connectivity index (χ1v) is 27.0. The number of rotatable bonds is 51. The third-order valence-electron chi connectivity index (χ3n) is 12.5. The lowest BCUT2D eigenvalue weighted by Crippen LogP contribution is -2.05.